The highest BCUT2D eigenvalue weighted by Gasteiger charge is 2.39. The Labute approximate surface area is 143 Å². The summed E-state index contributed by atoms with van der Waals surface area (Å²) in [6, 6.07) is 1.67. The fraction of sp³-hybridized carbons (Fsp3) is 0.750. The highest BCUT2D eigenvalue weighted by molar-refractivity contribution is 5.22. The molecule has 2 heterocycles. The van der Waals surface area contributed by atoms with Gasteiger partial charge in [0, 0.05) is 45.3 Å². The van der Waals surface area contributed by atoms with Gasteiger partial charge >= 0.3 is 6.18 Å². The Balaban J connectivity index is 1.46. The molecule has 25 heavy (non-hydrogen) atoms. The van der Waals surface area contributed by atoms with E-state index in [-0.39, 0.29) is 12.1 Å². The quantitative estimate of drug-likeness (QED) is 0.817. The largest absolute Gasteiger partial charge is 0.415 e. The summed E-state index contributed by atoms with van der Waals surface area (Å²) in [5.41, 5.74) is 1.97. The molecule has 0 spiro atoms. The number of aliphatic hydroxyl groups excluding tert-OH is 1. The summed E-state index contributed by atoms with van der Waals surface area (Å²) in [4.78, 5) is 15.8. The van der Waals surface area contributed by atoms with Crippen LogP contribution in [0, 0.1) is 0 Å². The summed E-state index contributed by atoms with van der Waals surface area (Å²) in [7, 11) is 0. The first-order valence-corrected chi connectivity index (χ1v) is 8.62. The summed E-state index contributed by atoms with van der Waals surface area (Å²) in [6.45, 7) is 2.91. The Morgan fingerprint density at radius 1 is 1.12 bits per heavy atom. The number of alkyl halides is 3. The van der Waals surface area contributed by atoms with Gasteiger partial charge in [0.2, 0.25) is 0 Å². The molecule has 0 amide bonds. The minimum atomic E-state index is -4.57. The van der Waals surface area contributed by atoms with Gasteiger partial charge < -0.3 is 5.11 Å². The van der Waals surface area contributed by atoms with E-state index in [2.05, 4.69) is 10.00 Å². The fourth-order valence-corrected chi connectivity index (χ4v) is 3.38. The van der Waals surface area contributed by atoms with Crippen LogP contribution in [0.15, 0.2) is 10.9 Å². The van der Waals surface area contributed by atoms with Crippen molar-refractivity contribution in [3.05, 3.63) is 27.7 Å². The van der Waals surface area contributed by atoms with Crippen molar-refractivity contribution in [2.45, 2.75) is 38.1 Å². The predicted octanol–water partition coefficient (Wildman–Crippen LogP) is 0.273. The third-order valence-corrected chi connectivity index (χ3v) is 4.93. The molecular weight excluding hydrogens is 337 g/mol. The molecule has 6 nitrogen and oxygen atoms in total. The first kappa shape index (κ1) is 18.3. The normalized spacial score (nSPS) is 20.6. The van der Waals surface area contributed by atoms with Gasteiger partial charge in [-0.05, 0) is 24.8 Å². The number of β-amino-alcohol motifs (C(OH)–C–C–N with tert-alkyl or cyclic N) is 1. The van der Waals surface area contributed by atoms with Crippen LogP contribution >= 0.6 is 0 Å². The van der Waals surface area contributed by atoms with Crippen molar-refractivity contribution in [1.29, 1.82) is 0 Å². The van der Waals surface area contributed by atoms with Crippen molar-refractivity contribution < 1.29 is 18.3 Å². The predicted molar refractivity (Wildman–Crippen MR) is 85.5 cm³/mol. The first-order chi connectivity index (χ1) is 11.8. The highest BCUT2D eigenvalue weighted by atomic mass is 19.4. The molecule has 3 rings (SSSR count). The molecule has 1 unspecified atom stereocenters. The molecule has 140 valence electrons. The summed E-state index contributed by atoms with van der Waals surface area (Å²) in [6.07, 6.45) is -4.00. The lowest BCUT2D eigenvalue weighted by atomic mass is 10.2. The van der Waals surface area contributed by atoms with E-state index in [4.69, 9.17) is 5.11 Å². The van der Waals surface area contributed by atoms with Crippen molar-refractivity contribution in [3.8, 4) is 0 Å². The van der Waals surface area contributed by atoms with E-state index in [1.165, 1.54) is 4.68 Å². The van der Waals surface area contributed by atoms with E-state index in [9.17, 15) is 18.0 Å². The molecule has 2 aliphatic rings. The summed E-state index contributed by atoms with van der Waals surface area (Å²) in [5.74, 6) is 0. The molecule has 1 N–H and O–H groups in total. The molecule has 1 atom stereocenters. The number of aliphatic hydroxyl groups is 1. The Hall–Kier alpha value is -1.45. The van der Waals surface area contributed by atoms with Crippen molar-refractivity contribution in [2.24, 2.45) is 0 Å². The van der Waals surface area contributed by atoms with E-state index in [1.54, 1.807) is 11.0 Å². The van der Waals surface area contributed by atoms with Crippen LogP contribution in [0.4, 0.5) is 13.2 Å². The molecule has 0 aromatic carbocycles. The number of fused-ring (bicyclic) bond motifs is 1. The van der Waals surface area contributed by atoms with Gasteiger partial charge in [-0.2, -0.15) is 18.3 Å². The lowest BCUT2D eigenvalue weighted by molar-refractivity contribution is -0.208. The molecule has 1 fully saturated rings. The molecule has 1 aliphatic carbocycles. The third-order valence-electron chi connectivity index (χ3n) is 4.93. The van der Waals surface area contributed by atoms with Crippen LogP contribution in [0.5, 0.6) is 0 Å². The van der Waals surface area contributed by atoms with Crippen LogP contribution in [-0.2, 0) is 19.4 Å². The molecule has 1 aromatic heterocycles. The van der Waals surface area contributed by atoms with E-state index in [1.807, 2.05) is 0 Å². The number of piperazine rings is 1. The number of halogens is 3. The molecule has 0 bridgehead atoms. The van der Waals surface area contributed by atoms with Crippen molar-refractivity contribution in [3.63, 3.8) is 0 Å². The molecule has 0 radical (unpaired) electrons. The average molecular weight is 360 g/mol. The Bertz CT molecular complexity index is 654. The van der Waals surface area contributed by atoms with Crippen LogP contribution in [0.25, 0.3) is 0 Å². The zero-order valence-corrected chi connectivity index (χ0v) is 14.0. The van der Waals surface area contributed by atoms with Crippen molar-refractivity contribution >= 4 is 0 Å². The van der Waals surface area contributed by atoms with Crippen molar-refractivity contribution in [2.75, 3.05) is 39.3 Å². The SMILES string of the molecule is O=c1cc2c(nn1CCN1CCN(CC(O)C(F)(F)F)CC1)CCC2. The maximum atomic E-state index is 12.4. The van der Waals surface area contributed by atoms with E-state index >= 15 is 0 Å². The molecule has 1 aromatic rings. The van der Waals surface area contributed by atoms with E-state index in [0.29, 0.717) is 39.3 Å². The number of aromatic nitrogens is 2. The fourth-order valence-electron chi connectivity index (χ4n) is 3.38. The number of rotatable bonds is 5. The topological polar surface area (TPSA) is 61.6 Å². The van der Waals surface area contributed by atoms with Gasteiger partial charge in [-0.15, -0.1) is 0 Å². The second-order valence-corrected chi connectivity index (χ2v) is 6.73. The highest BCUT2D eigenvalue weighted by Crippen LogP contribution is 2.21. The van der Waals surface area contributed by atoms with Crippen LogP contribution in [0.3, 0.4) is 0 Å². The van der Waals surface area contributed by atoms with Crippen molar-refractivity contribution in [1.82, 2.24) is 19.6 Å². The molecule has 1 aliphatic heterocycles. The molecule has 9 heteroatoms. The van der Waals surface area contributed by atoms with Crippen LogP contribution in [-0.4, -0.2) is 76.2 Å². The smallest absolute Gasteiger partial charge is 0.382 e. The zero-order chi connectivity index (χ0) is 18.0. The minimum Gasteiger partial charge on any atom is -0.382 e. The Morgan fingerprint density at radius 3 is 2.48 bits per heavy atom. The second-order valence-electron chi connectivity index (χ2n) is 6.73. The maximum absolute atomic E-state index is 12.4. The van der Waals surface area contributed by atoms with Crippen LogP contribution < -0.4 is 5.56 Å². The zero-order valence-electron chi connectivity index (χ0n) is 14.0. The Kier molecular flexibility index (Phi) is 5.45. The number of aryl methyl sites for hydroxylation is 2. The Morgan fingerprint density at radius 2 is 1.80 bits per heavy atom. The third kappa shape index (κ3) is 4.59. The number of hydrogen-bond donors (Lipinski definition) is 1. The van der Waals surface area contributed by atoms with E-state index < -0.39 is 12.3 Å². The van der Waals surface area contributed by atoms with Gasteiger partial charge in [-0.1, -0.05) is 0 Å². The van der Waals surface area contributed by atoms with Gasteiger partial charge in [0.15, 0.2) is 6.10 Å². The monoisotopic (exact) mass is 360 g/mol. The number of nitrogens with zero attached hydrogens (tertiary/aromatic N) is 4. The molecule has 1 saturated heterocycles. The number of hydrogen-bond acceptors (Lipinski definition) is 5. The van der Waals surface area contributed by atoms with Gasteiger partial charge in [0.05, 0.1) is 12.2 Å². The lowest BCUT2D eigenvalue weighted by Crippen LogP contribution is -2.51. The van der Waals surface area contributed by atoms with Gasteiger partial charge in [0.25, 0.3) is 5.56 Å². The van der Waals surface area contributed by atoms with Gasteiger partial charge in [-0.25, -0.2) is 4.68 Å². The first-order valence-electron chi connectivity index (χ1n) is 8.62. The summed E-state index contributed by atoms with van der Waals surface area (Å²) in [5, 5.41) is 13.6. The van der Waals surface area contributed by atoms with Gasteiger partial charge in [-0.3, -0.25) is 14.6 Å². The van der Waals surface area contributed by atoms with Crippen LogP contribution in [0.1, 0.15) is 17.7 Å². The summed E-state index contributed by atoms with van der Waals surface area (Å²) < 4.78 is 38.7. The minimum absolute atomic E-state index is 0.0902. The standard InChI is InChI=1S/C16H23F3N4O2/c17-16(18,19)14(24)11-22-6-4-21(5-7-22)8-9-23-15(25)10-12-2-1-3-13(12)20-23/h10,14,24H,1-9,11H2. The molecular formula is C16H23F3N4O2. The molecule has 0 saturated carbocycles. The van der Waals surface area contributed by atoms with Gasteiger partial charge in [0.1, 0.15) is 0 Å². The second kappa shape index (κ2) is 7.43. The van der Waals surface area contributed by atoms with Crippen LogP contribution in [0.2, 0.25) is 0 Å². The lowest BCUT2D eigenvalue weighted by Gasteiger charge is -2.35. The van der Waals surface area contributed by atoms with E-state index in [0.717, 1.165) is 30.5 Å². The summed E-state index contributed by atoms with van der Waals surface area (Å²) >= 11 is 0. The maximum Gasteiger partial charge on any atom is 0.415 e. The average Bonchev–Trinajstić information content (AvgIpc) is 3.00.